The Kier molecular flexibility index (Phi) is 5.15. The molecule has 4 heteroatoms. The van der Waals surface area contributed by atoms with Crippen LogP contribution in [0.1, 0.15) is 32.8 Å². The van der Waals surface area contributed by atoms with Crippen molar-refractivity contribution < 1.29 is 9.53 Å². The zero-order chi connectivity index (χ0) is 15.5. The Balaban J connectivity index is 1.82. The Hall–Kier alpha value is -1.22. The molecule has 1 heterocycles. The Morgan fingerprint density at radius 1 is 1.43 bits per heavy atom. The number of para-hydroxylation sites is 1. The summed E-state index contributed by atoms with van der Waals surface area (Å²) in [6, 6.07) is 7.88. The van der Waals surface area contributed by atoms with Crippen LogP contribution in [0.4, 0.5) is 0 Å². The summed E-state index contributed by atoms with van der Waals surface area (Å²) in [5.74, 6) is 0.798. The molecule has 21 heavy (non-hydrogen) atoms. The van der Waals surface area contributed by atoms with Crippen LogP contribution in [0.2, 0.25) is 0 Å². The number of ether oxygens (including phenoxy) is 1. The summed E-state index contributed by atoms with van der Waals surface area (Å²) in [5.41, 5.74) is 1.27. The molecule has 1 aliphatic rings. The van der Waals surface area contributed by atoms with Gasteiger partial charge in [-0.05, 0) is 29.9 Å². The number of alkyl halides is 1. The fourth-order valence-corrected chi connectivity index (χ4v) is 3.13. The van der Waals surface area contributed by atoms with E-state index in [0.717, 1.165) is 24.2 Å². The lowest BCUT2D eigenvalue weighted by atomic mass is 9.90. The standard InChI is InChI=1S/C17H24ClNO2/c1-17(2,3)9-14(18)10-19-16(20)13-8-12-6-4-5-7-15(12)21-11-13/h4-7,13-14H,8-11H2,1-3H3,(H,19,20). The van der Waals surface area contributed by atoms with Gasteiger partial charge in [0.15, 0.2) is 0 Å². The molecule has 116 valence electrons. The fraction of sp³-hybridized carbons (Fsp3) is 0.588. The molecule has 2 rings (SSSR count). The van der Waals surface area contributed by atoms with E-state index in [-0.39, 0.29) is 22.6 Å². The van der Waals surface area contributed by atoms with Crippen molar-refractivity contribution in [2.75, 3.05) is 13.2 Å². The number of amides is 1. The molecule has 1 aromatic rings. The van der Waals surface area contributed by atoms with E-state index in [0.29, 0.717) is 13.2 Å². The molecule has 3 nitrogen and oxygen atoms in total. The summed E-state index contributed by atoms with van der Waals surface area (Å²) in [6.45, 7) is 7.40. The van der Waals surface area contributed by atoms with E-state index in [1.807, 2.05) is 24.3 Å². The van der Waals surface area contributed by atoms with Crippen molar-refractivity contribution in [3.05, 3.63) is 29.8 Å². The largest absolute Gasteiger partial charge is 0.492 e. The second kappa shape index (κ2) is 6.69. The van der Waals surface area contributed by atoms with Gasteiger partial charge >= 0.3 is 0 Å². The number of fused-ring (bicyclic) bond motifs is 1. The molecule has 0 aromatic heterocycles. The Morgan fingerprint density at radius 3 is 2.86 bits per heavy atom. The quantitative estimate of drug-likeness (QED) is 0.866. The van der Waals surface area contributed by atoms with Gasteiger partial charge in [0, 0.05) is 6.54 Å². The maximum atomic E-state index is 12.2. The smallest absolute Gasteiger partial charge is 0.226 e. The molecule has 1 aromatic carbocycles. The lowest BCUT2D eigenvalue weighted by molar-refractivity contribution is -0.126. The van der Waals surface area contributed by atoms with Crippen molar-refractivity contribution in [1.82, 2.24) is 5.32 Å². The van der Waals surface area contributed by atoms with Gasteiger partial charge in [-0.25, -0.2) is 0 Å². The van der Waals surface area contributed by atoms with Crippen molar-refractivity contribution in [1.29, 1.82) is 0 Å². The minimum absolute atomic E-state index is 0.0315. The highest BCUT2D eigenvalue weighted by atomic mass is 35.5. The van der Waals surface area contributed by atoms with Crippen LogP contribution in [0.15, 0.2) is 24.3 Å². The van der Waals surface area contributed by atoms with Crippen LogP contribution in [0.5, 0.6) is 5.75 Å². The summed E-state index contributed by atoms with van der Waals surface area (Å²) in [4.78, 5) is 12.2. The molecule has 0 saturated carbocycles. The second-order valence-corrected chi connectivity index (χ2v) is 7.54. The maximum Gasteiger partial charge on any atom is 0.226 e. The van der Waals surface area contributed by atoms with Gasteiger partial charge in [0.05, 0.1) is 11.3 Å². The van der Waals surface area contributed by atoms with Crippen molar-refractivity contribution in [2.24, 2.45) is 11.3 Å². The molecule has 2 unspecified atom stereocenters. The van der Waals surface area contributed by atoms with E-state index >= 15 is 0 Å². The van der Waals surface area contributed by atoms with Crippen molar-refractivity contribution in [3.63, 3.8) is 0 Å². The maximum absolute atomic E-state index is 12.2. The van der Waals surface area contributed by atoms with E-state index in [1.54, 1.807) is 0 Å². The zero-order valence-corrected chi connectivity index (χ0v) is 13.7. The van der Waals surface area contributed by atoms with Gasteiger partial charge in [-0.1, -0.05) is 39.0 Å². The zero-order valence-electron chi connectivity index (χ0n) is 13.0. The lowest BCUT2D eigenvalue weighted by Gasteiger charge is -2.26. The summed E-state index contributed by atoms with van der Waals surface area (Å²) in [6.07, 6.45) is 1.60. The predicted octanol–water partition coefficient (Wildman–Crippen LogP) is 3.40. The number of rotatable bonds is 4. The van der Waals surface area contributed by atoms with Crippen molar-refractivity contribution in [3.8, 4) is 5.75 Å². The van der Waals surface area contributed by atoms with Crippen LogP contribution in [0.3, 0.4) is 0 Å². The van der Waals surface area contributed by atoms with Crippen LogP contribution in [0, 0.1) is 11.3 Å². The van der Waals surface area contributed by atoms with Gasteiger partial charge in [0.2, 0.25) is 5.91 Å². The normalized spacial score (nSPS) is 19.3. The third-order valence-corrected chi connectivity index (χ3v) is 3.89. The minimum atomic E-state index is -0.126. The van der Waals surface area contributed by atoms with E-state index in [2.05, 4.69) is 26.1 Å². The lowest BCUT2D eigenvalue weighted by Crippen LogP contribution is -2.40. The summed E-state index contributed by atoms with van der Waals surface area (Å²) < 4.78 is 5.65. The fourth-order valence-electron chi connectivity index (χ4n) is 2.59. The second-order valence-electron chi connectivity index (χ2n) is 6.93. The highest BCUT2D eigenvalue weighted by Gasteiger charge is 2.26. The van der Waals surface area contributed by atoms with E-state index in [1.165, 1.54) is 0 Å². The molecular formula is C17H24ClNO2. The Bertz CT molecular complexity index is 496. The van der Waals surface area contributed by atoms with Crippen LogP contribution < -0.4 is 10.1 Å². The number of benzene rings is 1. The average molecular weight is 310 g/mol. The minimum Gasteiger partial charge on any atom is -0.492 e. The number of carbonyl (C=O) groups is 1. The van der Waals surface area contributed by atoms with Crippen LogP contribution in [-0.4, -0.2) is 24.4 Å². The molecule has 0 saturated heterocycles. The molecule has 0 fully saturated rings. The monoisotopic (exact) mass is 309 g/mol. The van der Waals surface area contributed by atoms with Gasteiger partial charge < -0.3 is 10.1 Å². The van der Waals surface area contributed by atoms with E-state index < -0.39 is 0 Å². The van der Waals surface area contributed by atoms with E-state index in [4.69, 9.17) is 16.3 Å². The Morgan fingerprint density at radius 2 is 2.14 bits per heavy atom. The molecular weight excluding hydrogens is 286 g/mol. The molecule has 0 aliphatic carbocycles. The van der Waals surface area contributed by atoms with E-state index in [9.17, 15) is 4.79 Å². The van der Waals surface area contributed by atoms with Crippen LogP contribution in [0.25, 0.3) is 0 Å². The van der Waals surface area contributed by atoms with Gasteiger partial charge in [-0.2, -0.15) is 0 Å². The molecule has 1 amide bonds. The average Bonchev–Trinajstić information content (AvgIpc) is 2.42. The number of carbonyl (C=O) groups excluding carboxylic acids is 1. The van der Waals surface area contributed by atoms with Crippen LogP contribution in [-0.2, 0) is 11.2 Å². The highest BCUT2D eigenvalue weighted by Crippen LogP contribution is 2.27. The highest BCUT2D eigenvalue weighted by molar-refractivity contribution is 6.20. The third kappa shape index (κ3) is 4.92. The number of nitrogens with one attached hydrogen (secondary N) is 1. The van der Waals surface area contributed by atoms with Crippen LogP contribution >= 0.6 is 11.6 Å². The first-order chi connectivity index (χ1) is 9.85. The molecule has 0 radical (unpaired) electrons. The third-order valence-electron chi connectivity index (χ3n) is 3.58. The molecule has 1 aliphatic heterocycles. The summed E-state index contributed by atoms with van der Waals surface area (Å²) in [5, 5.41) is 2.92. The molecule has 0 bridgehead atoms. The first kappa shape index (κ1) is 16.2. The molecule has 0 spiro atoms. The van der Waals surface area contributed by atoms with Gasteiger partial charge in [-0.3, -0.25) is 4.79 Å². The predicted molar refractivity (Wildman–Crippen MR) is 85.9 cm³/mol. The number of hydrogen-bond donors (Lipinski definition) is 1. The van der Waals surface area contributed by atoms with Crippen molar-refractivity contribution >= 4 is 17.5 Å². The first-order valence-electron chi connectivity index (χ1n) is 7.47. The number of halogens is 1. The SMILES string of the molecule is CC(C)(C)CC(Cl)CNC(=O)C1COc2ccccc2C1. The van der Waals surface area contributed by atoms with Crippen molar-refractivity contribution in [2.45, 2.75) is 39.0 Å². The topological polar surface area (TPSA) is 38.3 Å². The molecule has 2 atom stereocenters. The van der Waals surface area contributed by atoms with Gasteiger partial charge in [0.25, 0.3) is 0 Å². The van der Waals surface area contributed by atoms with Gasteiger partial charge in [-0.15, -0.1) is 11.6 Å². The Labute approximate surface area is 132 Å². The summed E-state index contributed by atoms with van der Waals surface area (Å²) in [7, 11) is 0. The first-order valence-corrected chi connectivity index (χ1v) is 7.91. The van der Waals surface area contributed by atoms with Gasteiger partial charge in [0.1, 0.15) is 12.4 Å². The molecule has 1 N–H and O–H groups in total. The summed E-state index contributed by atoms with van der Waals surface area (Å²) >= 11 is 6.28. The number of hydrogen-bond acceptors (Lipinski definition) is 2.